The van der Waals surface area contributed by atoms with Crippen LogP contribution in [0.1, 0.15) is 23.2 Å². The first-order chi connectivity index (χ1) is 15.8. The fourth-order valence-corrected chi connectivity index (χ4v) is 4.26. The summed E-state index contributed by atoms with van der Waals surface area (Å²) in [6, 6.07) is 9.04. The van der Waals surface area contributed by atoms with Crippen molar-refractivity contribution in [3.05, 3.63) is 52.8 Å². The number of nitrogen functional groups attached to an aromatic ring is 1. The van der Waals surface area contributed by atoms with Gasteiger partial charge in [-0.05, 0) is 43.2 Å². The van der Waals surface area contributed by atoms with E-state index in [1.54, 1.807) is 43.3 Å². The second-order valence-corrected chi connectivity index (χ2v) is 8.48. The molecule has 1 fully saturated rings. The molecule has 2 atom stereocenters. The molecule has 9 heteroatoms. The number of nitrogens with zero attached hydrogens (tertiary/aromatic N) is 2. The zero-order valence-corrected chi connectivity index (χ0v) is 20.0. The van der Waals surface area contributed by atoms with Gasteiger partial charge in [0.2, 0.25) is 0 Å². The van der Waals surface area contributed by atoms with Crippen molar-refractivity contribution in [1.29, 1.82) is 0 Å². The van der Waals surface area contributed by atoms with Gasteiger partial charge in [0.05, 0.1) is 42.1 Å². The van der Waals surface area contributed by atoms with Crippen LogP contribution in [0.25, 0.3) is 0 Å². The standard InChI is InChI=1S/C24H31ClFN3O4/c1-28(24(30)18-13-19(25)20(27)14-22(18)31-2)21-9-11-29(15-23(21)32-3)10-4-12-33-17-7-5-16(26)6-8-17/h5-8,13-14,21,23H,4,9-12,15,27H2,1-3H3/t21-,23+/m0/s1. The summed E-state index contributed by atoms with van der Waals surface area (Å²) >= 11 is 6.15. The number of rotatable bonds is 9. The van der Waals surface area contributed by atoms with E-state index in [2.05, 4.69) is 4.90 Å². The first kappa shape index (κ1) is 25.1. The van der Waals surface area contributed by atoms with Crippen molar-refractivity contribution >= 4 is 23.2 Å². The summed E-state index contributed by atoms with van der Waals surface area (Å²) in [5.74, 6) is 0.573. The second-order valence-electron chi connectivity index (χ2n) is 8.08. The third-order valence-corrected chi connectivity index (χ3v) is 6.31. The Morgan fingerprint density at radius 3 is 2.67 bits per heavy atom. The molecule has 2 aromatic rings. The minimum Gasteiger partial charge on any atom is -0.496 e. The second kappa shape index (κ2) is 11.5. The molecule has 0 radical (unpaired) electrons. The van der Waals surface area contributed by atoms with Gasteiger partial charge in [0.15, 0.2) is 0 Å². The topological polar surface area (TPSA) is 77.3 Å². The molecule has 7 nitrogen and oxygen atoms in total. The van der Waals surface area contributed by atoms with Gasteiger partial charge >= 0.3 is 0 Å². The van der Waals surface area contributed by atoms with Gasteiger partial charge in [0, 0.05) is 39.9 Å². The number of likely N-dealkylation sites (tertiary alicyclic amines) is 1. The Hall–Kier alpha value is -2.55. The van der Waals surface area contributed by atoms with Crippen molar-refractivity contribution in [1.82, 2.24) is 9.80 Å². The number of piperidine rings is 1. The minimum atomic E-state index is -0.280. The maximum Gasteiger partial charge on any atom is 0.257 e. The Balaban J connectivity index is 1.55. The van der Waals surface area contributed by atoms with Crippen LogP contribution in [0, 0.1) is 5.82 Å². The fourth-order valence-electron chi connectivity index (χ4n) is 4.10. The van der Waals surface area contributed by atoms with Crippen molar-refractivity contribution in [2.24, 2.45) is 0 Å². The van der Waals surface area contributed by atoms with Crippen LogP contribution in [-0.2, 0) is 4.74 Å². The normalized spacial score (nSPS) is 18.7. The number of amides is 1. The molecular weight excluding hydrogens is 449 g/mol. The average Bonchev–Trinajstić information content (AvgIpc) is 2.83. The Labute approximate surface area is 199 Å². The van der Waals surface area contributed by atoms with Crippen LogP contribution < -0.4 is 15.2 Å². The maximum absolute atomic E-state index is 13.2. The highest BCUT2D eigenvalue weighted by Gasteiger charge is 2.35. The lowest BCUT2D eigenvalue weighted by atomic mass is 9.99. The number of anilines is 1. The number of hydrogen-bond acceptors (Lipinski definition) is 6. The van der Waals surface area contributed by atoms with E-state index in [-0.39, 0.29) is 23.9 Å². The zero-order valence-electron chi connectivity index (χ0n) is 19.2. The van der Waals surface area contributed by atoms with Crippen molar-refractivity contribution in [3.63, 3.8) is 0 Å². The van der Waals surface area contributed by atoms with E-state index in [9.17, 15) is 9.18 Å². The quantitative estimate of drug-likeness (QED) is 0.436. The number of benzene rings is 2. The largest absolute Gasteiger partial charge is 0.496 e. The molecule has 1 amide bonds. The molecule has 1 aliphatic rings. The van der Waals surface area contributed by atoms with Crippen LogP contribution >= 0.6 is 11.6 Å². The van der Waals surface area contributed by atoms with E-state index in [1.807, 2.05) is 0 Å². The lowest BCUT2D eigenvalue weighted by Gasteiger charge is -2.42. The van der Waals surface area contributed by atoms with Crippen molar-refractivity contribution in [2.45, 2.75) is 25.0 Å². The summed E-state index contributed by atoms with van der Waals surface area (Å²) in [5, 5.41) is 0.313. The van der Waals surface area contributed by atoms with E-state index in [0.717, 1.165) is 25.9 Å². The molecular formula is C24H31ClFN3O4. The zero-order chi connectivity index (χ0) is 24.0. The van der Waals surface area contributed by atoms with Crippen LogP contribution in [0.4, 0.5) is 10.1 Å². The molecule has 0 spiro atoms. The molecule has 0 aromatic heterocycles. The predicted octanol–water partition coefficient (Wildman–Crippen LogP) is 3.70. The van der Waals surface area contributed by atoms with Crippen molar-refractivity contribution in [3.8, 4) is 11.5 Å². The number of halogens is 2. The van der Waals surface area contributed by atoms with Gasteiger partial charge in [-0.3, -0.25) is 4.79 Å². The van der Waals surface area contributed by atoms with Gasteiger partial charge in [-0.25, -0.2) is 4.39 Å². The third kappa shape index (κ3) is 6.28. The van der Waals surface area contributed by atoms with Gasteiger partial charge in [-0.2, -0.15) is 0 Å². The summed E-state index contributed by atoms with van der Waals surface area (Å²) in [6.07, 6.45) is 1.46. The summed E-state index contributed by atoms with van der Waals surface area (Å²) < 4.78 is 29.7. The molecule has 180 valence electrons. The van der Waals surface area contributed by atoms with E-state index >= 15 is 0 Å². The molecule has 3 rings (SSSR count). The van der Waals surface area contributed by atoms with Crippen molar-refractivity contribution in [2.75, 3.05) is 53.2 Å². The number of carbonyl (C=O) groups is 1. The van der Waals surface area contributed by atoms with E-state index in [4.69, 9.17) is 31.5 Å². The van der Waals surface area contributed by atoms with Crippen LogP contribution in [-0.4, -0.2) is 75.4 Å². The molecule has 0 bridgehead atoms. The number of nitrogens with two attached hydrogens (primary N) is 1. The fraction of sp³-hybridized carbons (Fsp3) is 0.458. The average molecular weight is 480 g/mol. The first-order valence-electron chi connectivity index (χ1n) is 10.9. The Bertz CT molecular complexity index is 944. The van der Waals surface area contributed by atoms with E-state index in [0.29, 0.717) is 40.9 Å². The van der Waals surface area contributed by atoms with E-state index in [1.165, 1.54) is 19.2 Å². The Morgan fingerprint density at radius 2 is 2.00 bits per heavy atom. The number of hydrogen-bond donors (Lipinski definition) is 1. The Kier molecular flexibility index (Phi) is 8.77. The first-order valence-corrected chi connectivity index (χ1v) is 11.3. The lowest BCUT2D eigenvalue weighted by molar-refractivity contribution is -0.0260. The molecule has 1 aliphatic heterocycles. The van der Waals surface area contributed by atoms with Gasteiger partial charge in [0.1, 0.15) is 17.3 Å². The summed E-state index contributed by atoms with van der Waals surface area (Å²) in [7, 11) is 4.93. The Morgan fingerprint density at radius 1 is 1.27 bits per heavy atom. The van der Waals surface area contributed by atoms with E-state index < -0.39 is 0 Å². The number of methoxy groups -OCH3 is 2. The summed E-state index contributed by atoms with van der Waals surface area (Å²) in [5.41, 5.74) is 6.58. The SMILES string of the molecule is COc1cc(N)c(Cl)cc1C(=O)N(C)[C@H]1CCN(CCCOc2ccc(F)cc2)C[C@H]1OC. The lowest BCUT2D eigenvalue weighted by Crippen LogP contribution is -2.55. The summed E-state index contributed by atoms with van der Waals surface area (Å²) in [6.45, 7) is 2.92. The van der Waals surface area contributed by atoms with Gasteiger partial charge in [0.25, 0.3) is 5.91 Å². The third-order valence-electron chi connectivity index (χ3n) is 5.98. The monoisotopic (exact) mass is 479 g/mol. The molecule has 1 heterocycles. The molecule has 33 heavy (non-hydrogen) atoms. The van der Waals surface area contributed by atoms with Crippen molar-refractivity contribution < 1.29 is 23.4 Å². The summed E-state index contributed by atoms with van der Waals surface area (Å²) in [4.78, 5) is 17.2. The van der Waals surface area contributed by atoms with Crippen LogP contribution in [0.5, 0.6) is 11.5 Å². The highest BCUT2D eigenvalue weighted by Crippen LogP contribution is 2.31. The molecule has 2 N–H and O–H groups in total. The molecule has 2 aromatic carbocycles. The molecule has 0 aliphatic carbocycles. The highest BCUT2D eigenvalue weighted by atomic mass is 35.5. The number of carbonyl (C=O) groups excluding carboxylic acids is 1. The maximum atomic E-state index is 13.2. The predicted molar refractivity (Wildman–Crippen MR) is 127 cm³/mol. The molecule has 0 saturated carbocycles. The van der Waals surface area contributed by atoms with Gasteiger partial charge in [-0.1, -0.05) is 11.6 Å². The minimum absolute atomic E-state index is 0.0877. The van der Waals surface area contributed by atoms with Gasteiger partial charge in [-0.15, -0.1) is 0 Å². The van der Waals surface area contributed by atoms with Gasteiger partial charge < -0.3 is 29.7 Å². The smallest absolute Gasteiger partial charge is 0.257 e. The number of likely N-dealkylation sites (N-methyl/N-ethyl adjacent to an activating group) is 1. The number of ether oxygens (including phenoxy) is 3. The van der Waals surface area contributed by atoms with Crippen LogP contribution in [0.15, 0.2) is 36.4 Å². The molecule has 0 unspecified atom stereocenters. The highest BCUT2D eigenvalue weighted by molar-refractivity contribution is 6.33. The van der Waals surface area contributed by atoms with Crippen LogP contribution in [0.3, 0.4) is 0 Å². The van der Waals surface area contributed by atoms with Crippen LogP contribution in [0.2, 0.25) is 5.02 Å². The molecule has 1 saturated heterocycles.